The minimum Gasteiger partial charge on any atom is -0.478 e. The van der Waals surface area contributed by atoms with E-state index in [1.807, 2.05) is 0 Å². The molecule has 0 aliphatic heterocycles. The molecule has 0 aliphatic carbocycles. The van der Waals surface area contributed by atoms with Crippen LogP contribution in [0.15, 0.2) is 24.3 Å². The maximum absolute atomic E-state index is 10.8. The number of aromatic carboxylic acids is 1. The first-order valence-electron chi connectivity index (χ1n) is 3.45. The highest BCUT2D eigenvalue weighted by atomic mass is 28.1. The summed E-state index contributed by atoms with van der Waals surface area (Å²) in [7, 11) is 0.464. The average molecular weight is 180 g/mol. The van der Waals surface area contributed by atoms with Crippen molar-refractivity contribution in [2.75, 3.05) is 0 Å². The molecule has 0 amide bonds. The minimum atomic E-state index is -0.970. The zero-order chi connectivity index (χ0) is 9.14. The molecular formula is C8H8O3Si. The summed E-state index contributed by atoms with van der Waals surface area (Å²) in [6.45, 7) is 0. The fourth-order valence-electron chi connectivity index (χ4n) is 0.848. The van der Waals surface area contributed by atoms with E-state index >= 15 is 0 Å². The Hall–Kier alpha value is -1.42. The van der Waals surface area contributed by atoms with Crippen LogP contribution in [0, 0.1) is 0 Å². The summed E-state index contributed by atoms with van der Waals surface area (Å²) in [6, 6.07) is 5.96. The number of rotatable bonds is 2. The van der Waals surface area contributed by atoms with Crippen molar-refractivity contribution in [3.63, 3.8) is 0 Å². The van der Waals surface area contributed by atoms with Gasteiger partial charge < -0.3 is 9.90 Å². The highest BCUT2D eigenvalue weighted by molar-refractivity contribution is 6.62. The Morgan fingerprint density at radius 2 is 1.50 bits per heavy atom. The molecule has 0 radical (unpaired) electrons. The van der Waals surface area contributed by atoms with Crippen molar-refractivity contribution in [1.29, 1.82) is 0 Å². The fraction of sp³-hybridized carbons (Fsp3) is 0. The average Bonchev–Trinajstić information content (AvgIpc) is 2.04. The van der Waals surface area contributed by atoms with E-state index in [-0.39, 0.29) is 11.0 Å². The quantitative estimate of drug-likeness (QED) is 0.646. The third kappa shape index (κ3) is 1.79. The van der Waals surface area contributed by atoms with Crippen molar-refractivity contribution in [1.82, 2.24) is 0 Å². The van der Waals surface area contributed by atoms with Gasteiger partial charge in [-0.15, -0.1) is 0 Å². The highest BCUT2D eigenvalue weighted by Crippen LogP contribution is 2.03. The maximum Gasteiger partial charge on any atom is 0.335 e. The summed E-state index contributed by atoms with van der Waals surface area (Å²) < 4.78 is 0. The number of carbonyl (C=O) groups is 2. The van der Waals surface area contributed by atoms with E-state index in [0.29, 0.717) is 15.8 Å². The molecule has 1 aromatic carbocycles. The number of carboxylic acids is 1. The number of carboxylic acid groups (broad SMARTS) is 1. The van der Waals surface area contributed by atoms with Crippen molar-refractivity contribution in [3.8, 4) is 0 Å². The molecule has 0 fully saturated rings. The Bertz CT molecular complexity index is 283. The van der Waals surface area contributed by atoms with Gasteiger partial charge in [0.25, 0.3) is 0 Å². The molecule has 0 saturated carbocycles. The number of carbonyl (C=O) groups excluding carboxylic acids is 1. The normalized spacial score (nSPS) is 9.67. The van der Waals surface area contributed by atoms with Crippen LogP contribution in [-0.2, 0) is 0 Å². The molecule has 0 unspecified atom stereocenters. The van der Waals surface area contributed by atoms with Crippen molar-refractivity contribution in [2.45, 2.75) is 0 Å². The summed E-state index contributed by atoms with van der Waals surface area (Å²) in [5.74, 6) is -0.970. The SMILES string of the molecule is O=C(O)c1ccc(C(=O)[SiH3])cc1. The lowest BCUT2D eigenvalue weighted by atomic mass is 10.1. The van der Waals surface area contributed by atoms with Gasteiger partial charge in [-0.3, -0.25) is 0 Å². The van der Waals surface area contributed by atoms with Gasteiger partial charge in [-0.25, -0.2) is 4.79 Å². The van der Waals surface area contributed by atoms with Gasteiger partial charge in [0.1, 0.15) is 5.41 Å². The van der Waals surface area contributed by atoms with Crippen molar-refractivity contribution >= 4 is 21.6 Å². The standard InChI is InChI=1S/C8H8O3Si/c9-7(10)5-1-3-6(4-2-5)8(11)12/h1-4H,12H3,(H,9,10). The zero-order valence-corrected chi connectivity index (χ0v) is 8.57. The summed E-state index contributed by atoms with van der Waals surface area (Å²) >= 11 is 0. The van der Waals surface area contributed by atoms with E-state index in [4.69, 9.17) is 5.11 Å². The number of benzene rings is 1. The molecule has 0 aromatic heterocycles. The van der Waals surface area contributed by atoms with Gasteiger partial charge in [-0.1, -0.05) is 12.1 Å². The molecule has 0 bridgehead atoms. The van der Waals surface area contributed by atoms with Crippen LogP contribution in [0.5, 0.6) is 0 Å². The van der Waals surface area contributed by atoms with Crippen LogP contribution in [0.2, 0.25) is 0 Å². The molecular weight excluding hydrogens is 172 g/mol. The maximum atomic E-state index is 10.8. The summed E-state index contributed by atoms with van der Waals surface area (Å²) in [6.07, 6.45) is 0. The zero-order valence-electron chi connectivity index (χ0n) is 6.57. The summed E-state index contributed by atoms with van der Waals surface area (Å²) in [5, 5.41) is 8.61. The lowest BCUT2D eigenvalue weighted by molar-refractivity contribution is 0.0696. The van der Waals surface area contributed by atoms with Crippen LogP contribution in [0.1, 0.15) is 20.7 Å². The van der Waals surface area contributed by atoms with Gasteiger partial charge in [0.05, 0.1) is 15.8 Å². The van der Waals surface area contributed by atoms with Gasteiger partial charge in [-0.2, -0.15) is 0 Å². The molecule has 4 heteroatoms. The van der Waals surface area contributed by atoms with Crippen molar-refractivity contribution in [3.05, 3.63) is 35.4 Å². The molecule has 0 heterocycles. The predicted molar refractivity (Wildman–Crippen MR) is 47.7 cm³/mol. The van der Waals surface area contributed by atoms with Gasteiger partial charge >= 0.3 is 5.97 Å². The van der Waals surface area contributed by atoms with E-state index in [1.54, 1.807) is 12.1 Å². The monoisotopic (exact) mass is 180 g/mol. The molecule has 0 aliphatic rings. The first kappa shape index (κ1) is 8.67. The first-order chi connectivity index (χ1) is 5.61. The molecule has 3 nitrogen and oxygen atoms in total. The van der Waals surface area contributed by atoms with Crippen LogP contribution in [0.25, 0.3) is 0 Å². The van der Waals surface area contributed by atoms with Crippen molar-refractivity contribution < 1.29 is 14.7 Å². The second-order valence-electron chi connectivity index (χ2n) is 2.44. The van der Waals surface area contributed by atoms with Gasteiger partial charge in [0.2, 0.25) is 0 Å². The molecule has 1 rings (SSSR count). The molecule has 0 spiro atoms. The van der Waals surface area contributed by atoms with E-state index in [9.17, 15) is 9.59 Å². The number of hydrogen-bond acceptors (Lipinski definition) is 2. The van der Waals surface area contributed by atoms with Crippen LogP contribution < -0.4 is 0 Å². The second-order valence-corrected chi connectivity index (χ2v) is 3.35. The molecule has 62 valence electrons. The summed E-state index contributed by atoms with van der Waals surface area (Å²) in [5.41, 5.74) is 0.799. The smallest absolute Gasteiger partial charge is 0.335 e. The first-order valence-corrected chi connectivity index (χ1v) is 4.45. The highest BCUT2D eigenvalue weighted by Gasteiger charge is 2.02. The Morgan fingerprint density at radius 3 is 1.83 bits per heavy atom. The van der Waals surface area contributed by atoms with Gasteiger partial charge in [0, 0.05) is 5.56 Å². The Kier molecular flexibility index (Phi) is 2.40. The van der Waals surface area contributed by atoms with Gasteiger partial charge in [-0.05, 0) is 12.1 Å². The van der Waals surface area contributed by atoms with E-state index in [1.165, 1.54) is 12.1 Å². The summed E-state index contributed by atoms with van der Waals surface area (Å²) in [4.78, 5) is 21.2. The van der Waals surface area contributed by atoms with E-state index in [2.05, 4.69) is 0 Å². The predicted octanol–water partition coefficient (Wildman–Crippen LogP) is -0.110. The Labute approximate surface area is 72.4 Å². The second kappa shape index (κ2) is 3.32. The topological polar surface area (TPSA) is 54.4 Å². The third-order valence-electron chi connectivity index (χ3n) is 1.54. The molecule has 12 heavy (non-hydrogen) atoms. The number of hydrogen-bond donors (Lipinski definition) is 1. The molecule has 1 aromatic rings. The molecule has 0 atom stereocenters. The lowest BCUT2D eigenvalue weighted by Crippen LogP contribution is -2.00. The molecule has 0 saturated heterocycles. The van der Waals surface area contributed by atoms with Crippen LogP contribution >= 0.6 is 0 Å². The Morgan fingerprint density at radius 1 is 1.08 bits per heavy atom. The van der Waals surface area contributed by atoms with Crippen LogP contribution in [0.4, 0.5) is 0 Å². The van der Waals surface area contributed by atoms with Crippen LogP contribution in [0.3, 0.4) is 0 Å². The third-order valence-corrected chi connectivity index (χ3v) is 2.12. The minimum absolute atomic E-state index is 0.0759. The lowest BCUT2D eigenvalue weighted by Gasteiger charge is -1.95. The fourth-order valence-corrected chi connectivity index (χ4v) is 1.18. The van der Waals surface area contributed by atoms with E-state index in [0.717, 1.165) is 0 Å². The van der Waals surface area contributed by atoms with E-state index < -0.39 is 5.97 Å². The van der Waals surface area contributed by atoms with Crippen molar-refractivity contribution in [2.24, 2.45) is 0 Å². The molecule has 1 N–H and O–H groups in total. The van der Waals surface area contributed by atoms with Gasteiger partial charge in [0.15, 0.2) is 0 Å². The van der Waals surface area contributed by atoms with Crippen LogP contribution in [-0.4, -0.2) is 26.7 Å². The Balaban J connectivity index is 3.01. The largest absolute Gasteiger partial charge is 0.478 e.